The first kappa shape index (κ1) is 17.7. The van der Waals surface area contributed by atoms with Gasteiger partial charge in [0.15, 0.2) is 0 Å². The number of nitrogens with zero attached hydrogens (tertiary/aromatic N) is 1. The summed E-state index contributed by atoms with van der Waals surface area (Å²) < 4.78 is 20.3. The Hall–Kier alpha value is -1.08. The molecule has 2 saturated heterocycles. The quantitative estimate of drug-likeness (QED) is 0.857. The third-order valence-corrected chi connectivity index (χ3v) is 8.52. The zero-order valence-electron chi connectivity index (χ0n) is 14.5. The predicted octanol–water partition coefficient (Wildman–Crippen LogP) is 3.41. The standard InChI is InChI=1S/C17H27N3O2S2/c1-16(2,14-6-3-10-23-14)12-19-15(21)20-9-4-7-17(20)8-5-11-24(18,22)13-17/h3,6,10,18H,4-5,7-9,11-13H2,1-2H3,(H,19,21). The number of amides is 2. The van der Waals surface area contributed by atoms with Crippen LogP contribution in [0.4, 0.5) is 4.79 Å². The molecule has 1 aromatic heterocycles. The van der Waals surface area contributed by atoms with Crippen LogP contribution >= 0.6 is 11.3 Å². The summed E-state index contributed by atoms with van der Waals surface area (Å²) in [5.74, 6) is 0.831. The van der Waals surface area contributed by atoms with E-state index in [2.05, 4.69) is 30.6 Å². The van der Waals surface area contributed by atoms with Gasteiger partial charge in [-0.25, -0.2) is 9.00 Å². The molecule has 0 radical (unpaired) electrons. The van der Waals surface area contributed by atoms with Gasteiger partial charge in [-0.15, -0.1) is 11.3 Å². The zero-order chi connectivity index (χ0) is 17.4. The van der Waals surface area contributed by atoms with Gasteiger partial charge in [-0.1, -0.05) is 19.9 Å². The fraction of sp³-hybridized carbons (Fsp3) is 0.706. The van der Waals surface area contributed by atoms with E-state index in [9.17, 15) is 9.00 Å². The number of nitrogens with one attached hydrogen (secondary N) is 2. The number of hydrogen-bond donors (Lipinski definition) is 2. The fourth-order valence-corrected chi connectivity index (χ4v) is 6.94. The second-order valence-corrected chi connectivity index (χ2v) is 11.0. The van der Waals surface area contributed by atoms with Crippen molar-refractivity contribution in [3.63, 3.8) is 0 Å². The van der Waals surface area contributed by atoms with Gasteiger partial charge in [0.05, 0.1) is 11.3 Å². The van der Waals surface area contributed by atoms with E-state index in [0.29, 0.717) is 24.6 Å². The Labute approximate surface area is 148 Å². The molecule has 2 fully saturated rings. The van der Waals surface area contributed by atoms with Gasteiger partial charge in [0.2, 0.25) is 0 Å². The summed E-state index contributed by atoms with van der Waals surface area (Å²) in [7, 11) is -2.54. The largest absolute Gasteiger partial charge is 0.337 e. The third-order valence-electron chi connectivity index (χ3n) is 5.33. The molecule has 2 atom stereocenters. The Morgan fingerprint density at radius 3 is 2.88 bits per heavy atom. The topological polar surface area (TPSA) is 73.3 Å². The highest BCUT2D eigenvalue weighted by Gasteiger charge is 2.47. The van der Waals surface area contributed by atoms with Gasteiger partial charge in [0, 0.05) is 38.9 Å². The van der Waals surface area contributed by atoms with Crippen LogP contribution in [0.25, 0.3) is 0 Å². The van der Waals surface area contributed by atoms with Crippen molar-refractivity contribution in [2.24, 2.45) is 0 Å². The van der Waals surface area contributed by atoms with E-state index in [1.54, 1.807) is 11.3 Å². The van der Waals surface area contributed by atoms with E-state index in [1.165, 1.54) is 4.88 Å². The molecule has 0 bridgehead atoms. The average molecular weight is 370 g/mol. The summed E-state index contributed by atoms with van der Waals surface area (Å²) in [5, 5.41) is 5.15. The van der Waals surface area contributed by atoms with Gasteiger partial charge < -0.3 is 10.2 Å². The minimum absolute atomic E-state index is 0.0609. The van der Waals surface area contributed by atoms with Crippen molar-refractivity contribution in [1.82, 2.24) is 10.2 Å². The van der Waals surface area contributed by atoms with E-state index >= 15 is 0 Å². The Morgan fingerprint density at radius 2 is 2.21 bits per heavy atom. The van der Waals surface area contributed by atoms with Crippen LogP contribution in [0.2, 0.25) is 0 Å². The lowest BCUT2D eigenvalue weighted by molar-refractivity contribution is 0.147. The Kier molecular flexibility index (Phi) is 4.68. The maximum atomic E-state index is 12.8. The Bertz CT molecular complexity index is 697. The smallest absolute Gasteiger partial charge is 0.317 e. The molecule has 0 aromatic carbocycles. The lowest BCUT2D eigenvalue weighted by atomic mass is 9.91. The Morgan fingerprint density at radius 1 is 1.46 bits per heavy atom. The number of rotatable bonds is 3. The van der Waals surface area contributed by atoms with Crippen LogP contribution < -0.4 is 5.32 Å². The summed E-state index contributed by atoms with van der Waals surface area (Å²) in [6.07, 6.45) is 3.49. The van der Waals surface area contributed by atoms with Crippen molar-refractivity contribution in [2.45, 2.75) is 50.5 Å². The summed E-state index contributed by atoms with van der Waals surface area (Å²) >= 11 is 1.71. The molecule has 0 saturated carbocycles. The van der Waals surface area contributed by atoms with E-state index in [-0.39, 0.29) is 17.0 Å². The molecule has 3 heterocycles. The minimum atomic E-state index is -2.54. The van der Waals surface area contributed by atoms with Crippen molar-refractivity contribution in [2.75, 3.05) is 24.6 Å². The molecule has 1 aromatic rings. The van der Waals surface area contributed by atoms with Crippen LogP contribution in [-0.4, -0.2) is 45.3 Å². The summed E-state index contributed by atoms with van der Waals surface area (Å²) in [6.45, 7) is 5.56. The predicted molar refractivity (Wildman–Crippen MR) is 99.2 cm³/mol. The molecule has 3 rings (SSSR count). The van der Waals surface area contributed by atoms with Crippen LogP contribution in [-0.2, 0) is 15.1 Å². The van der Waals surface area contributed by atoms with E-state index in [1.807, 2.05) is 11.0 Å². The number of carbonyl (C=O) groups is 1. The number of carbonyl (C=O) groups excluding carboxylic acids is 1. The summed E-state index contributed by atoms with van der Waals surface area (Å²) in [6, 6.07) is 4.07. The first-order valence-electron chi connectivity index (χ1n) is 8.58. The first-order valence-corrected chi connectivity index (χ1v) is 11.4. The van der Waals surface area contributed by atoms with Crippen LogP contribution in [0.3, 0.4) is 0 Å². The van der Waals surface area contributed by atoms with Crippen molar-refractivity contribution in [3.8, 4) is 0 Å². The van der Waals surface area contributed by atoms with Crippen molar-refractivity contribution in [1.29, 1.82) is 4.78 Å². The second-order valence-electron chi connectivity index (χ2n) is 7.76. The van der Waals surface area contributed by atoms with Crippen molar-refractivity contribution < 1.29 is 9.00 Å². The highest BCUT2D eigenvalue weighted by atomic mass is 32.2. The number of urea groups is 1. The zero-order valence-corrected chi connectivity index (χ0v) is 16.1. The molecule has 2 amide bonds. The molecule has 0 aliphatic carbocycles. The molecule has 5 nitrogen and oxygen atoms in total. The minimum Gasteiger partial charge on any atom is -0.337 e. The normalized spacial score (nSPS) is 30.7. The highest BCUT2D eigenvalue weighted by molar-refractivity contribution is 7.92. The molecule has 2 unspecified atom stereocenters. The fourth-order valence-electron chi connectivity index (χ4n) is 4.02. The van der Waals surface area contributed by atoms with Gasteiger partial charge in [0.25, 0.3) is 0 Å². The Balaban J connectivity index is 1.68. The number of hydrogen-bond acceptors (Lipinski definition) is 4. The molecular formula is C17H27N3O2S2. The van der Waals surface area contributed by atoms with E-state index < -0.39 is 9.73 Å². The molecule has 2 aliphatic rings. The summed E-state index contributed by atoms with van der Waals surface area (Å²) in [5.41, 5.74) is -0.458. The van der Waals surface area contributed by atoms with E-state index in [0.717, 1.165) is 25.7 Å². The van der Waals surface area contributed by atoms with Crippen molar-refractivity contribution >= 4 is 27.1 Å². The lowest BCUT2D eigenvalue weighted by Gasteiger charge is -2.42. The van der Waals surface area contributed by atoms with Crippen molar-refractivity contribution in [3.05, 3.63) is 22.4 Å². The lowest BCUT2D eigenvalue weighted by Crippen LogP contribution is -2.57. The van der Waals surface area contributed by atoms with Gasteiger partial charge in [-0.3, -0.25) is 4.78 Å². The SMILES string of the molecule is CC(C)(CNC(=O)N1CCCC12CCCS(=N)(=O)C2)c1cccs1. The molecule has 2 N–H and O–H groups in total. The van der Waals surface area contributed by atoms with Crippen LogP contribution in [0, 0.1) is 4.78 Å². The average Bonchev–Trinajstić information content (AvgIpc) is 3.14. The van der Waals surface area contributed by atoms with Crippen LogP contribution in [0.15, 0.2) is 17.5 Å². The molecule has 2 aliphatic heterocycles. The van der Waals surface area contributed by atoms with Gasteiger partial charge in [-0.05, 0) is 37.1 Å². The second kappa shape index (κ2) is 6.33. The van der Waals surface area contributed by atoms with Gasteiger partial charge in [0.1, 0.15) is 0 Å². The van der Waals surface area contributed by atoms with Crippen LogP contribution in [0.5, 0.6) is 0 Å². The maximum Gasteiger partial charge on any atom is 0.317 e. The first-order chi connectivity index (χ1) is 11.2. The molecule has 134 valence electrons. The van der Waals surface area contributed by atoms with Gasteiger partial charge >= 0.3 is 6.03 Å². The molecule has 1 spiro atoms. The monoisotopic (exact) mass is 369 g/mol. The van der Waals surface area contributed by atoms with E-state index in [4.69, 9.17) is 4.78 Å². The maximum absolute atomic E-state index is 12.8. The third kappa shape index (κ3) is 3.47. The number of thiophene rings is 1. The van der Waals surface area contributed by atoms with Crippen LogP contribution in [0.1, 0.15) is 44.4 Å². The molecule has 7 heteroatoms. The number of likely N-dealkylation sites (tertiary alicyclic amines) is 1. The molecular weight excluding hydrogens is 342 g/mol. The highest BCUT2D eigenvalue weighted by Crippen LogP contribution is 2.38. The van der Waals surface area contributed by atoms with Gasteiger partial charge in [-0.2, -0.15) is 0 Å². The summed E-state index contributed by atoms with van der Waals surface area (Å²) in [4.78, 5) is 15.9. The molecule has 24 heavy (non-hydrogen) atoms.